The largest absolute Gasteiger partial charge is 0.379 e. The zero-order chi connectivity index (χ0) is 14.0. The molecule has 0 spiro atoms. The summed E-state index contributed by atoms with van der Waals surface area (Å²) in [5.41, 5.74) is 7.17. The van der Waals surface area contributed by atoms with Gasteiger partial charge in [-0.05, 0) is 31.2 Å². The van der Waals surface area contributed by atoms with Gasteiger partial charge in [-0.2, -0.15) is 0 Å². The molecule has 2 nitrogen and oxygen atoms in total. The summed E-state index contributed by atoms with van der Waals surface area (Å²) in [6, 6.07) is 10.5. The molecule has 1 aromatic carbocycles. The first-order valence-corrected chi connectivity index (χ1v) is 7.96. The Balaban J connectivity index is 1.88. The van der Waals surface area contributed by atoms with E-state index in [0.29, 0.717) is 11.2 Å². The molecule has 0 bridgehead atoms. The predicted octanol–water partition coefficient (Wildman–Crippen LogP) is 3.85. The van der Waals surface area contributed by atoms with E-state index in [9.17, 15) is 0 Å². The Morgan fingerprint density at radius 3 is 2.75 bits per heavy atom. The van der Waals surface area contributed by atoms with Crippen molar-refractivity contribution in [2.24, 2.45) is 16.6 Å². The van der Waals surface area contributed by atoms with E-state index in [1.165, 1.54) is 5.56 Å². The number of thioether (sulfide) groups is 1. The summed E-state index contributed by atoms with van der Waals surface area (Å²) >= 11 is 1.73. The van der Waals surface area contributed by atoms with Crippen molar-refractivity contribution >= 4 is 16.9 Å². The summed E-state index contributed by atoms with van der Waals surface area (Å²) in [4.78, 5) is 4.74. The summed E-state index contributed by atoms with van der Waals surface area (Å²) in [7, 11) is 0. The van der Waals surface area contributed by atoms with Gasteiger partial charge in [-0.1, -0.05) is 66.4 Å². The summed E-state index contributed by atoms with van der Waals surface area (Å²) < 4.78 is 0. The molecule has 3 atom stereocenters. The van der Waals surface area contributed by atoms with Gasteiger partial charge in [0.15, 0.2) is 5.17 Å². The van der Waals surface area contributed by atoms with Crippen molar-refractivity contribution in [3.05, 3.63) is 60.2 Å². The second-order valence-corrected chi connectivity index (χ2v) is 6.92. The molecule has 0 radical (unpaired) electrons. The van der Waals surface area contributed by atoms with Gasteiger partial charge in [0, 0.05) is 5.25 Å². The van der Waals surface area contributed by atoms with Crippen LogP contribution < -0.4 is 5.73 Å². The zero-order valence-electron chi connectivity index (χ0n) is 11.7. The van der Waals surface area contributed by atoms with Crippen molar-refractivity contribution in [1.82, 2.24) is 0 Å². The van der Waals surface area contributed by atoms with Crippen molar-refractivity contribution < 1.29 is 0 Å². The van der Waals surface area contributed by atoms with Crippen molar-refractivity contribution in [3.8, 4) is 0 Å². The Morgan fingerprint density at radius 2 is 2.05 bits per heavy atom. The van der Waals surface area contributed by atoms with Gasteiger partial charge in [-0.25, -0.2) is 0 Å². The fourth-order valence-electron chi connectivity index (χ4n) is 3.00. The third-order valence-corrected chi connectivity index (χ3v) is 5.27. The average Bonchev–Trinajstić information content (AvgIpc) is 2.48. The summed E-state index contributed by atoms with van der Waals surface area (Å²) in [5, 5.41) is 1.22. The highest BCUT2D eigenvalue weighted by Gasteiger charge is 2.37. The molecule has 1 unspecified atom stereocenters. The van der Waals surface area contributed by atoms with Crippen molar-refractivity contribution in [3.63, 3.8) is 0 Å². The maximum absolute atomic E-state index is 6.12. The molecule has 3 rings (SSSR count). The number of hydrogen-bond acceptors (Lipinski definition) is 3. The SMILES string of the molecule is C[C@]1(c2ccccc2)C[C@H](C2C=CC=CC2)SC(N)=N1. The molecule has 1 heterocycles. The molecule has 2 N–H and O–H groups in total. The average molecular weight is 284 g/mol. The summed E-state index contributed by atoms with van der Waals surface area (Å²) in [5.74, 6) is 0.557. The topological polar surface area (TPSA) is 38.4 Å². The fraction of sp³-hybridized carbons (Fsp3) is 0.353. The third kappa shape index (κ3) is 2.68. The third-order valence-electron chi connectivity index (χ3n) is 4.11. The van der Waals surface area contributed by atoms with Crippen molar-refractivity contribution in [1.29, 1.82) is 0 Å². The lowest BCUT2D eigenvalue weighted by Crippen LogP contribution is -2.36. The van der Waals surface area contributed by atoms with Crippen LogP contribution >= 0.6 is 11.8 Å². The monoisotopic (exact) mass is 284 g/mol. The predicted molar refractivity (Wildman–Crippen MR) is 87.8 cm³/mol. The van der Waals surface area contributed by atoms with Gasteiger partial charge < -0.3 is 5.73 Å². The first-order valence-electron chi connectivity index (χ1n) is 7.08. The number of benzene rings is 1. The van der Waals surface area contributed by atoms with Crippen LogP contribution in [-0.4, -0.2) is 10.4 Å². The van der Waals surface area contributed by atoms with E-state index in [0.717, 1.165) is 18.0 Å². The highest BCUT2D eigenvalue weighted by atomic mass is 32.2. The van der Waals surface area contributed by atoms with E-state index in [2.05, 4.69) is 55.5 Å². The van der Waals surface area contributed by atoms with E-state index in [1.807, 2.05) is 6.07 Å². The number of rotatable bonds is 2. The number of nitrogens with two attached hydrogens (primary N) is 1. The van der Waals surface area contributed by atoms with E-state index in [1.54, 1.807) is 11.8 Å². The molecule has 0 saturated carbocycles. The number of amidine groups is 1. The lowest BCUT2D eigenvalue weighted by atomic mass is 9.83. The molecular weight excluding hydrogens is 264 g/mol. The van der Waals surface area contributed by atoms with E-state index < -0.39 is 0 Å². The molecule has 104 valence electrons. The lowest BCUT2D eigenvalue weighted by molar-refractivity contribution is 0.409. The molecule has 0 amide bonds. The summed E-state index contributed by atoms with van der Waals surface area (Å²) in [6.07, 6.45) is 11.0. The first-order chi connectivity index (χ1) is 9.67. The molecule has 0 saturated heterocycles. The van der Waals surface area contributed by atoms with Crippen LogP contribution in [0.1, 0.15) is 25.3 Å². The molecule has 2 aliphatic rings. The van der Waals surface area contributed by atoms with Gasteiger partial charge in [-0.3, -0.25) is 4.99 Å². The first kappa shape index (κ1) is 13.5. The molecule has 1 aromatic rings. The normalized spacial score (nSPS) is 33.0. The number of hydrogen-bond donors (Lipinski definition) is 1. The van der Waals surface area contributed by atoms with Crippen LogP contribution in [0.3, 0.4) is 0 Å². The van der Waals surface area contributed by atoms with Crippen LogP contribution in [0, 0.1) is 5.92 Å². The van der Waals surface area contributed by atoms with Crippen LogP contribution in [-0.2, 0) is 5.54 Å². The molecule has 0 aromatic heterocycles. The maximum atomic E-state index is 6.12. The Hall–Kier alpha value is -1.48. The smallest absolute Gasteiger partial charge is 0.155 e. The van der Waals surface area contributed by atoms with Gasteiger partial charge >= 0.3 is 0 Å². The minimum atomic E-state index is -0.198. The van der Waals surface area contributed by atoms with Gasteiger partial charge in [-0.15, -0.1) is 0 Å². The minimum Gasteiger partial charge on any atom is -0.379 e. The van der Waals surface area contributed by atoms with Crippen LogP contribution in [0.15, 0.2) is 59.6 Å². The molecular formula is C17H20N2S. The van der Waals surface area contributed by atoms with Gasteiger partial charge in [0.1, 0.15) is 0 Å². The quantitative estimate of drug-likeness (QED) is 0.895. The Morgan fingerprint density at radius 1 is 1.25 bits per heavy atom. The van der Waals surface area contributed by atoms with Gasteiger partial charge in [0.25, 0.3) is 0 Å². The van der Waals surface area contributed by atoms with Crippen molar-refractivity contribution in [2.75, 3.05) is 0 Å². The highest BCUT2D eigenvalue weighted by Crippen LogP contribution is 2.42. The van der Waals surface area contributed by atoms with Gasteiger partial charge in [0.2, 0.25) is 0 Å². The van der Waals surface area contributed by atoms with Crippen LogP contribution in [0.2, 0.25) is 0 Å². The van der Waals surface area contributed by atoms with Gasteiger partial charge in [0.05, 0.1) is 5.54 Å². The molecule has 20 heavy (non-hydrogen) atoms. The molecule has 1 aliphatic heterocycles. The molecule has 1 aliphatic carbocycles. The standard InChI is InChI=1S/C17H20N2S/c1-17(14-10-6-3-7-11-14)12-15(20-16(18)19-17)13-8-4-2-5-9-13/h2-8,10-11,13,15H,9,12H2,1H3,(H2,18,19)/t13?,15-,17-/m1/s1. The minimum absolute atomic E-state index is 0.198. The second-order valence-electron chi connectivity index (χ2n) is 5.66. The Labute approximate surface area is 124 Å². The van der Waals surface area contributed by atoms with E-state index >= 15 is 0 Å². The summed E-state index contributed by atoms with van der Waals surface area (Å²) in [6.45, 7) is 2.20. The van der Waals surface area contributed by atoms with E-state index in [-0.39, 0.29) is 5.54 Å². The lowest BCUT2D eigenvalue weighted by Gasteiger charge is -2.37. The molecule has 0 fully saturated rings. The maximum Gasteiger partial charge on any atom is 0.155 e. The fourth-order valence-corrected chi connectivity index (χ4v) is 4.35. The highest BCUT2D eigenvalue weighted by molar-refractivity contribution is 8.14. The van der Waals surface area contributed by atoms with Crippen LogP contribution in [0.4, 0.5) is 0 Å². The Kier molecular flexibility index (Phi) is 3.70. The number of allylic oxidation sites excluding steroid dienone is 4. The number of aliphatic imine (C=N–C) groups is 1. The van der Waals surface area contributed by atoms with Crippen LogP contribution in [0.25, 0.3) is 0 Å². The van der Waals surface area contributed by atoms with Crippen molar-refractivity contribution in [2.45, 2.75) is 30.6 Å². The second kappa shape index (κ2) is 5.49. The van der Waals surface area contributed by atoms with Crippen LogP contribution in [0.5, 0.6) is 0 Å². The van der Waals surface area contributed by atoms with E-state index in [4.69, 9.17) is 10.7 Å². The zero-order valence-corrected chi connectivity index (χ0v) is 12.5. The molecule has 3 heteroatoms. The Bertz CT molecular complexity index is 562. The number of nitrogens with zero attached hydrogens (tertiary/aromatic N) is 1.